The third kappa shape index (κ3) is 4.55. The number of benzene rings is 1. The molecule has 2 aromatic rings. The molecule has 1 aromatic heterocycles. The molecule has 0 radical (unpaired) electrons. The number of ketones is 1. The topological polar surface area (TPSA) is 79.5 Å². The number of methoxy groups -OCH3 is 1. The van der Waals surface area contributed by atoms with Crippen molar-refractivity contribution in [3.8, 4) is 0 Å². The van der Waals surface area contributed by atoms with E-state index in [1.807, 2.05) is 0 Å². The van der Waals surface area contributed by atoms with E-state index in [-0.39, 0.29) is 23.4 Å². The number of halogens is 1. The number of aromatic nitrogens is 1. The quantitative estimate of drug-likeness (QED) is 0.539. The Morgan fingerprint density at radius 2 is 1.71 bits per heavy atom. The number of carbonyl (C=O) groups excluding carboxylic acids is 3. The molecule has 1 atom stereocenters. The van der Waals surface area contributed by atoms with E-state index in [1.165, 1.54) is 31.4 Å². The maximum Gasteiger partial charge on any atom is 0.354 e. The second-order valence-corrected chi connectivity index (χ2v) is 8.17. The monoisotopic (exact) mass is 428 g/mol. The molecule has 0 aliphatic heterocycles. The van der Waals surface area contributed by atoms with Crippen molar-refractivity contribution < 1.29 is 23.5 Å². The fourth-order valence-corrected chi connectivity index (χ4v) is 4.52. The third-order valence-electron chi connectivity index (χ3n) is 6.16. The first-order valence-electron chi connectivity index (χ1n) is 10.7. The predicted molar refractivity (Wildman–Crippen MR) is 115 cm³/mol. The summed E-state index contributed by atoms with van der Waals surface area (Å²) in [6, 6.07) is 4.60. The molecular formula is C24H29FN2O4. The van der Waals surface area contributed by atoms with Gasteiger partial charge >= 0.3 is 5.97 Å². The van der Waals surface area contributed by atoms with Gasteiger partial charge in [-0.3, -0.25) is 9.59 Å². The first kappa shape index (κ1) is 22.7. The zero-order valence-electron chi connectivity index (χ0n) is 18.5. The van der Waals surface area contributed by atoms with Gasteiger partial charge in [-0.1, -0.05) is 19.3 Å². The van der Waals surface area contributed by atoms with Crippen molar-refractivity contribution in [2.45, 2.75) is 65.0 Å². The Labute approximate surface area is 181 Å². The Bertz CT molecular complexity index is 974. The van der Waals surface area contributed by atoms with Gasteiger partial charge in [0, 0.05) is 22.9 Å². The molecule has 1 heterocycles. The molecule has 1 N–H and O–H groups in total. The molecule has 1 amide bonds. The number of nitrogens with zero attached hydrogens (tertiary/aromatic N) is 1. The van der Waals surface area contributed by atoms with Gasteiger partial charge in [-0.2, -0.15) is 0 Å². The van der Waals surface area contributed by atoms with Crippen LogP contribution in [0.2, 0.25) is 0 Å². The number of carbonyl (C=O) groups is 3. The number of aryl methyl sites for hydroxylation is 1. The van der Waals surface area contributed by atoms with E-state index in [9.17, 15) is 18.8 Å². The summed E-state index contributed by atoms with van der Waals surface area (Å²) in [5.74, 6) is -1.48. The standard InChI is InChI=1S/C24H29FN2O4/c1-14-20(15(2)26-21(14)24(30)31-4)22(28)16(3)27(19-8-6-5-7-9-19)23(29)17-10-12-18(25)13-11-17/h10-13,16,19,26H,5-9H2,1-4H3. The lowest BCUT2D eigenvalue weighted by Gasteiger charge is -2.38. The Morgan fingerprint density at radius 3 is 2.29 bits per heavy atom. The molecule has 1 aromatic carbocycles. The zero-order chi connectivity index (χ0) is 22.7. The Hall–Kier alpha value is -2.96. The van der Waals surface area contributed by atoms with Crippen LogP contribution in [0.3, 0.4) is 0 Å². The number of ether oxygens (including phenoxy) is 1. The van der Waals surface area contributed by atoms with E-state index in [2.05, 4.69) is 4.98 Å². The average Bonchev–Trinajstić information content (AvgIpc) is 3.07. The second kappa shape index (κ2) is 9.45. The first-order chi connectivity index (χ1) is 14.8. The maximum atomic E-state index is 13.6. The lowest BCUT2D eigenvalue weighted by Crippen LogP contribution is -2.50. The van der Waals surface area contributed by atoms with Gasteiger partial charge in [0.25, 0.3) is 5.91 Å². The molecular weight excluding hydrogens is 399 g/mol. The number of nitrogens with one attached hydrogen (secondary N) is 1. The largest absolute Gasteiger partial charge is 0.464 e. The SMILES string of the molecule is COC(=O)c1[nH]c(C)c(C(=O)C(C)N(C(=O)c2ccc(F)cc2)C2CCCCC2)c1C. The molecule has 6 nitrogen and oxygen atoms in total. The number of H-pyrrole nitrogens is 1. The van der Waals surface area contributed by atoms with E-state index >= 15 is 0 Å². The molecule has 166 valence electrons. The van der Waals surface area contributed by atoms with E-state index < -0.39 is 17.8 Å². The number of rotatable bonds is 6. The highest BCUT2D eigenvalue weighted by Gasteiger charge is 2.36. The molecule has 31 heavy (non-hydrogen) atoms. The van der Waals surface area contributed by atoms with Crippen LogP contribution in [0, 0.1) is 19.7 Å². The minimum Gasteiger partial charge on any atom is -0.464 e. The number of hydrogen-bond acceptors (Lipinski definition) is 4. The van der Waals surface area contributed by atoms with Gasteiger partial charge in [0.2, 0.25) is 0 Å². The summed E-state index contributed by atoms with van der Waals surface area (Å²) < 4.78 is 18.2. The maximum absolute atomic E-state index is 13.6. The third-order valence-corrected chi connectivity index (χ3v) is 6.16. The van der Waals surface area contributed by atoms with Crippen LogP contribution in [0.25, 0.3) is 0 Å². The van der Waals surface area contributed by atoms with Gasteiger partial charge in [0.1, 0.15) is 11.5 Å². The second-order valence-electron chi connectivity index (χ2n) is 8.17. The fraction of sp³-hybridized carbons (Fsp3) is 0.458. The molecule has 7 heteroatoms. The Balaban J connectivity index is 1.98. The van der Waals surface area contributed by atoms with Crippen LogP contribution in [-0.4, -0.2) is 46.7 Å². The van der Waals surface area contributed by atoms with Gasteiger partial charge in [-0.15, -0.1) is 0 Å². The van der Waals surface area contributed by atoms with E-state index in [1.54, 1.807) is 25.7 Å². The van der Waals surface area contributed by atoms with E-state index in [0.717, 1.165) is 32.1 Å². The highest BCUT2D eigenvalue weighted by atomic mass is 19.1. The minimum absolute atomic E-state index is 0.0649. The molecule has 0 saturated heterocycles. The van der Waals surface area contributed by atoms with Crippen molar-refractivity contribution in [3.05, 3.63) is 58.2 Å². The van der Waals surface area contributed by atoms with Crippen LogP contribution < -0.4 is 0 Å². The Morgan fingerprint density at radius 1 is 1.10 bits per heavy atom. The summed E-state index contributed by atoms with van der Waals surface area (Å²) in [5.41, 5.74) is 2.07. The zero-order valence-corrected chi connectivity index (χ0v) is 18.5. The highest BCUT2D eigenvalue weighted by Crippen LogP contribution is 2.29. The van der Waals surface area contributed by atoms with Gasteiger partial charge in [-0.05, 0) is 63.4 Å². The van der Waals surface area contributed by atoms with Crippen molar-refractivity contribution in [3.63, 3.8) is 0 Å². The number of Topliss-reactive ketones (excluding diaryl/α,β-unsaturated/α-hetero) is 1. The lowest BCUT2D eigenvalue weighted by atomic mass is 9.90. The van der Waals surface area contributed by atoms with Crippen LogP contribution in [0.15, 0.2) is 24.3 Å². The molecule has 1 fully saturated rings. The summed E-state index contributed by atoms with van der Waals surface area (Å²) in [4.78, 5) is 43.6. The van der Waals surface area contributed by atoms with Gasteiger partial charge in [0.05, 0.1) is 13.2 Å². The highest BCUT2D eigenvalue weighted by molar-refractivity contribution is 6.07. The van der Waals surface area contributed by atoms with Crippen molar-refractivity contribution in [2.75, 3.05) is 7.11 Å². The summed E-state index contributed by atoms with van der Waals surface area (Å²) in [7, 11) is 1.29. The smallest absolute Gasteiger partial charge is 0.354 e. The lowest BCUT2D eigenvalue weighted by molar-refractivity contribution is 0.0486. The van der Waals surface area contributed by atoms with Crippen LogP contribution in [0.4, 0.5) is 4.39 Å². The number of amides is 1. The van der Waals surface area contributed by atoms with E-state index in [0.29, 0.717) is 22.4 Å². The summed E-state index contributed by atoms with van der Waals surface area (Å²) in [5, 5.41) is 0. The van der Waals surface area contributed by atoms with Crippen molar-refractivity contribution in [2.24, 2.45) is 0 Å². The number of hydrogen-bond donors (Lipinski definition) is 1. The molecule has 1 aliphatic carbocycles. The molecule has 1 aliphatic rings. The van der Waals surface area contributed by atoms with Crippen LogP contribution in [0.1, 0.15) is 81.5 Å². The summed E-state index contributed by atoms with van der Waals surface area (Å²) >= 11 is 0. The van der Waals surface area contributed by atoms with Crippen molar-refractivity contribution in [1.29, 1.82) is 0 Å². The van der Waals surface area contributed by atoms with Crippen LogP contribution in [0.5, 0.6) is 0 Å². The number of aromatic amines is 1. The predicted octanol–water partition coefficient (Wildman–Crippen LogP) is 4.60. The van der Waals surface area contributed by atoms with E-state index in [4.69, 9.17) is 4.74 Å². The van der Waals surface area contributed by atoms with Gasteiger partial charge in [0.15, 0.2) is 5.78 Å². The van der Waals surface area contributed by atoms with Gasteiger partial charge < -0.3 is 14.6 Å². The molecule has 1 saturated carbocycles. The first-order valence-corrected chi connectivity index (χ1v) is 10.7. The summed E-state index contributed by atoms with van der Waals surface area (Å²) in [6.45, 7) is 5.15. The van der Waals surface area contributed by atoms with Gasteiger partial charge in [-0.25, -0.2) is 9.18 Å². The molecule has 1 unspecified atom stereocenters. The number of esters is 1. The average molecular weight is 429 g/mol. The van der Waals surface area contributed by atoms with Crippen LogP contribution >= 0.6 is 0 Å². The normalized spacial score (nSPS) is 15.4. The Kier molecular flexibility index (Phi) is 6.93. The minimum atomic E-state index is -0.737. The summed E-state index contributed by atoms with van der Waals surface area (Å²) in [6.07, 6.45) is 4.74. The van der Waals surface area contributed by atoms with Crippen molar-refractivity contribution in [1.82, 2.24) is 9.88 Å². The fourth-order valence-electron chi connectivity index (χ4n) is 4.52. The van der Waals surface area contributed by atoms with Crippen molar-refractivity contribution >= 4 is 17.7 Å². The van der Waals surface area contributed by atoms with Crippen LogP contribution in [-0.2, 0) is 4.74 Å². The molecule has 0 bridgehead atoms. The molecule has 3 rings (SSSR count). The molecule has 0 spiro atoms.